The molecule has 0 amide bonds. The van der Waals surface area contributed by atoms with Crippen LogP contribution >= 0.6 is 26.6 Å². The number of rotatable bonds is 4. The first-order valence-corrected chi connectivity index (χ1v) is 8.30. The van der Waals surface area contributed by atoms with E-state index in [9.17, 15) is 8.42 Å². The standard InChI is InChI=1S/C11H10BrClN2O3S/c1-18-11-3-2-8(4-10(11)12)6-15-7-9(5-14-15)19(13,16)17/h2-5,7H,6H2,1H3. The van der Waals surface area contributed by atoms with Crippen molar-refractivity contribution in [2.75, 3.05) is 7.11 Å². The third kappa shape index (κ3) is 3.49. The van der Waals surface area contributed by atoms with Gasteiger partial charge in [0, 0.05) is 16.9 Å². The van der Waals surface area contributed by atoms with Crippen LogP contribution in [0.3, 0.4) is 0 Å². The lowest BCUT2D eigenvalue weighted by atomic mass is 10.2. The maximum atomic E-state index is 11.1. The zero-order valence-electron chi connectivity index (χ0n) is 9.88. The summed E-state index contributed by atoms with van der Waals surface area (Å²) in [6, 6.07) is 5.58. The van der Waals surface area contributed by atoms with E-state index in [4.69, 9.17) is 15.4 Å². The molecule has 0 fully saturated rings. The summed E-state index contributed by atoms with van der Waals surface area (Å²) in [4.78, 5) is -0.0123. The molecule has 19 heavy (non-hydrogen) atoms. The highest BCUT2D eigenvalue weighted by molar-refractivity contribution is 9.10. The number of halogens is 2. The monoisotopic (exact) mass is 364 g/mol. The molecule has 0 bridgehead atoms. The van der Waals surface area contributed by atoms with Crippen molar-refractivity contribution in [2.24, 2.45) is 0 Å². The Labute approximate surface area is 123 Å². The third-order valence-corrected chi connectivity index (χ3v) is 4.38. The first-order chi connectivity index (χ1) is 8.90. The molecule has 102 valence electrons. The van der Waals surface area contributed by atoms with Crippen molar-refractivity contribution in [3.05, 3.63) is 40.6 Å². The number of hydrogen-bond donors (Lipinski definition) is 0. The normalized spacial score (nSPS) is 11.5. The summed E-state index contributed by atoms with van der Waals surface area (Å²) in [5.41, 5.74) is 0.953. The van der Waals surface area contributed by atoms with E-state index in [1.54, 1.807) is 7.11 Å². The molecule has 0 aliphatic rings. The van der Waals surface area contributed by atoms with E-state index in [-0.39, 0.29) is 4.90 Å². The van der Waals surface area contributed by atoms with Crippen LogP contribution in [0.1, 0.15) is 5.56 Å². The molecule has 0 aliphatic heterocycles. The minimum absolute atomic E-state index is 0.0123. The Hall–Kier alpha value is -1.05. The number of hydrogen-bond acceptors (Lipinski definition) is 4. The third-order valence-electron chi connectivity index (χ3n) is 2.45. The van der Waals surface area contributed by atoms with E-state index in [1.165, 1.54) is 17.1 Å². The Bertz CT molecular complexity index is 700. The van der Waals surface area contributed by atoms with Crippen LogP contribution in [0.2, 0.25) is 0 Å². The summed E-state index contributed by atoms with van der Waals surface area (Å²) in [6.45, 7) is 0.439. The first kappa shape index (κ1) is 14.4. The van der Waals surface area contributed by atoms with Gasteiger partial charge >= 0.3 is 0 Å². The Morgan fingerprint density at radius 3 is 2.74 bits per heavy atom. The lowest BCUT2D eigenvalue weighted by Gasteiger charge is -2.06. The van der Waals surface area contributed by atoms with Crippen LogP contribution in [0, 0.1) is 0 Å². The van der Waals surface area contributed by atoms with Gasteiger partial charge in [-0.25, -0.2) is 8.42 Å². The molecule has 1 heterocycles. The van der Waals surface area contributed by atoms with Gasteiger partial charge in [0.1, 0.15) is 10.6 Å². The van der Waals surface area contributed by atoms with E-state index in [2.05, 4.69) is 21.0 Å². The molecular formula is C11H10BrClN2O3S. The van der Waals surface area contributed by atoms with Crippen LogP contribution in [0.15, 0.2) is 40.0 Å². The Morgan fingerprint density at radius 1 is 1.47 bits per heavy atom. The zero-order valence-corrected chi connectivity index (χ0v) is 13.0. The second-order valence-corrected chi connectivity index (χ2v) is 7.20. The molecule has 8 heteroatoms. The summed E-state index contributed by atoms with van der Waals surface area (Å²) in [6.07, 6.45) is 2.61. The summed E-state index contributed by atoms with van der Waals surface area (Å²) >= 11 is 3.39. The van der Waals surface area contributed by atoms with Crippen molar-refractivity contribution < 1.29 is 13.2 Å². The smallest absolute Gasteiger partial charge is 0.264 e. The van der Waals surface area contributed by atoms with Crippen molar-refractivity contribution in [3.63, 3.8) is 0 Å². The van der Waals surface area contributed by atoms with Crippen LogP contribution in [0.25, 0.3) is 0 Å². The van der Waals surface area contributed by atoms with E-state index in [0.717, 1.165) is 15.8 Å². The quantitative estimate of drug-likeness (QED) is 0.782. The molecular weight excluding hydrogens is 356 g/mol. The molecule has 1 aromatic heterocycles. The zero-order chi connectivity index (χ0) is 14.0. The summed E-state index contributed by atoms with van der Waals surface area (Å²) in [7, 11) is 3.09. The fourth-order valence-corrected chi connectivity index (χ4v) is 2.80. The molecule has 5 nitrogen and oxygen atoms in total. The fraction of sp³-hybridized carbons (Fsp3) is 0.182. The van der Waals surface area contributed by atoms with E-state index in [0.29, 0.717) is 6.54 Å². The SMILES string of the molecule is COc1ccc(Cn2cc(S(=O)(=O)Cl)cn2)cc1Br. The maximum absolute atomic E-state index is 11.1. The minimum atomic E-state index is -3.73. The first-order valence-electron chi connectivity index (χ1n) is 5.19. The molecule has 0 atom stereocenters. The molecule has 0 unspecified atom stereocenters. The summed E-state index contributed by atoms with van der Waals surface area (Å²) < 4.78 is 29.7. The molecule has 0 saturated carbocycles. The van der Waals surface area contributed by atoms with Gasteiger partial charge in [0.05, 0.1) is 24.3 Å². The van der Waals surface area contributed by atoms with Gasteiger partial charge in [-0.1, -0.05) is 6.07 Å². The molecule has 0 spiro atoms. The lowest BCUT2D eigenvalue weighted by Crippen LogP contribution is -2.00. The average molecular weight is 366 g/mol. The van der Waals surface area contributed by atoms with Gasteiger partial charge in [0.2, 0.25) is 0 Å². The number of ether oxygens (including phenoxy) is 1. The van der Waals surface area contributed by atoms with Gasteiger partial charge in [0.15, 0.2) is 0 Å². The largest absolute Gasteiger partial charge is 0.496 e. The average Bonchev–Trinajstić information content (AvgIpc) is 2.77. The van der Waals surface area contributed by atoms with Gasteiger partial charge in [0.25, 0.3) is 9.05 Å². The predicted molar refractivity (Wildman–Crippen MR) is 75.1 cm³/mol. The number of nitrogens with zero attached hydrogens (tertiary/aromatic N) is 2. The highest BCUT2D eigenvalue weighted by atomic mass is 79.9. The van der Waals surface area contributed by atoms with Gasteiger partial charge in [-0.2, -0.15) is 5.10 Å². The fourth-order valence-electron chi connectivity index (χ4n) is 1.55. The summed E-state index contributed by atoms with van der Waals surface area (Å²) in [5.74, 6) is 0.730. The molecule has 1 aromatic carbocycles. The predicted octanol–water partition coefficient (Wildman–Crippen LogP) is 2.63. The number of aromatic nitrogens is 2. The van der Waals surface area contributed by atoms with Crippen molar-refractivity contribution in [1.82, 2.24) is 9.78 Å². The Kier molecular flexibility index (Phi) is 4.17. The molecule has 0 aliphatic carbocycles. The Balaban J connectivity index is 2.22. The molecule has 0 saturated heterocycles. The van der Waals surface area contributed by atoms with Crippen molar-refractivity contribution in [1.29, 1.82) is 0 Å². The minimum Gasteiger partial charge on any atom is -0.496 e. The van der Waals surface area contributed by atoms with Crippen molar-refractivity contribution in [3.8, 4) is 5.75 Å². The highest BCUT2D eigenvalue weighted by Crippen LogP contribution is 2.26. The molecule has 0 radical (unpaired) electrons. The maximum Gasteiger partial charge on any atom is 0.264 e. The molecule has 2 aromatic rings. The summed E-state index contributed by atoms with van der Waals surface area (Å²) in [5, 5.41) is 3.96. The number of benzene rings is 1. The van der Waals surface area contributed by atoms with Crippen molar-refractivity contribution >= 4 is 35.7 Å². The Morgan fingerprint density at radius 2 is 2.21 bits per heavy atom. The van der Waals surface area contributed by atoms with E-state index in [1.807, 2.05) is 18.2 Å². The second kappa shape index (κ2) is 5.52. The van der Waals surface area contributed by atoms with Gasteiger partial charge in [-0.3, -0.25) is 4.68 Å². The van der Waals surface area contributed by atoms with Crippen LogP contribution in [0.4, 0.5) is 0 Å². The highest BCUT2D eigenvalue weighted by Gasteiger charge is 2.12. The van der Waals surface area contributed by atoms with Gasteiger partial charge < -0.3 is 4.74 Å². The lowest BCUT2D eigenvalue weighted by molar-refractivity contribution is 0.412. The van der Waals surface area contributed by atoms with Gasteiger partial charge in [-0.15, -0.1) is 0 Å². The number of methoxy groups -OCH3 is 1. The van der Waals surface area contributed by atoms with Crippen LogP contribution < -0.4 is 4.74 Å². The van der Waals surface area contributed by atoms with E-state index >= 15 is 0 Å². The second-order valence-electron chi connectivity index (χ2n) is 3.78. The topological polar surface area (TPSA) is 61.2 Å². The molecule has 2 rings (SSSR count). The van der Waals surface area contributed by atoms with Gasteiger partial charge in [-0.05, 0) is 33.6 Å². The molecule has 0 N–H and O–H groups in total. The van der Waals surface area contributed by atoms with E-state index < -0.39 is 9.05 Å². The van der Waals surface area contributed by atoms with Crippen LogP contribution in [-0.4, -0.2) is 25.3 Å². The van der Waals surface area contributed by atoms with Crippen LogP contribution in [-0.2, 0) is 15.6 Å². The van der Waals surface area contributed by atoms with Crippen LogP contribution in [0.5, 0.6) is 5.75 Å². The van der Waals surface area contributed by atoms with Crippen molar-refractivity contribution in [2.45, 2.75) is 11.4 Å².